The monoisotopic (exact) mass is 463 g/mol. The Bertz CT molecular complexity index is 1850. The molecule has 6 aromatic rings. The van der Waals surface area contributed by atoms with Crippen LogP contribution < -0.4 is 0 Å². The fourth-order valence-corrected chi connectivity index (χ4v) is 4.45. The van der Waals surface area contributed by atoms with Crippen molar-refractivity contribution in [2.45, 2.75) is 6.92 Å². The van der Waals surface area contributed by atoms with Gasteiger partial charge in [-0.25, -0.2) is 19.9 Å². The number of nitrogens with zero attached hydrogens (tertiary/aromatic N) is 7. The first-order valence-corrected chi connectivity index (χ1v) is 11.3. The molecule has 3 aromatic heterocycles. The molecule has 0 aliphatic heterocycles. The summed E-state index contributed by atoms with van der Waals surface area (Å²) in [6.45, 7) is 2.08. The van der Waals surface area contributed by atoms with Gasteiger partial charge in [0.15, 0.2) is 11.6 Å². The number of benzene rings is 3. The van der Waals surface area contributed by atoms with Crippen LogP contribution in [0.15, 0.2) is 85.5 Å². The van der Waals surface area contributed by atoms with E-state index in [0.717, 1.165) is 44.2 Å². The summed E-state index contributed by atoms with van der Waals surface area (Å²) in [5.41, 5.74) is 6.52. The molecule has 0 saturated carbocycles. The average Bonchev–Trinajstić information content (AvgIpc) is 3.26. The second-order valence-corrected chi connectivity index (χ2v) is 8.42. The minimum Gasteiger partial charge on any atom is -0.308 e. The normalized spacial score (nSPS) is 10.9. The van der Waals surface area contributed by atoms with Gasteiger partial charge in [-0.3, -0.25) is 0 Å². The first-order valence-electron chi connectivity index (χ1n) is 11.3. The highest BCUT2D eigenvalue weighted by molar-refractivity contribution is 6.09. The summed E-state index contributed by atoms with van der Waals surface area (Å²) in [4.78, 5) is 17.7. The molecule has 0 fully saturated rings. The summed E-state index contributed by atoms with van der Waals surface area (Å²) in [6, 6.07) is 24.8. The van der Waals surface area contributed by atoms with Crippen LogP contribution in [0.3, 0.4) is 0 Å². The molecule has 168 valence electrons. The van der Waals surface area contributed by atoms with Gasteiger partial charge in [-0.1, -0.05) is 30.3 Å². The highest BCUT2D eigenvalue weighted by Gasteiger charge is 2.18. The van der Waals surface area contributed by atoms with Gasteiger partial charge in [-0.15, -0.1) is 0 Å². The summed E-state index contributed by atoms with van der Waals surface area (Å²) in [5, 5.41) is 20.6. The first-order chi connectivity index (χ1) is 17.7. The molecule has 0 radical (unpaired) electrons. The van der Waals surface area contributed by atoms with Crippen LogP contribution >= 0.6 is 0 Å². The van der Waals surface area contributed by atoms with Crippen molar-refractivity contribution in [1.82, 2.24) is 24.5 Å². The highest BCUT2D eigenvalue weighted by atomic mass is 15.0. The zero-order valence-corrected chi connectivity index (χ0v) is 19.2. The topological polar surface area (TPSA) is 104 Å². The number of hydrogen-bond donors (Lipinski definition) is 0. The van der Waals surface area contributed by atoms with Gasteiger partial charge in [0.25, 0.3) is 0 Å². The summed E-state index contributed by atoms with van der Waals surface area (Å²) in [6.07, 6.45) is 6.05. The molecule has 0 N–H and O–H groups in total. The van der Waals surface area contributed by atoms with Gasteiger partial charge in [0.2, 0.25) is 0 Å². The molecule has 0 spiro atoms. The van der Waals surface area contributed by atoms with Crippen LogP contribution in [0.5, 0.6) is 0 Å². The first kappa shape index (κ1) is 21.2. The van der Waals surface area contributed by atoms with Crippen LogP contribution in [-0.4, -0.2) is 24.5 Å². The van der Waals surface area contributed by atoms with E-state index < -0.39 is 0 Å². The van der Waals surface area contributed by atoms with Crippen molar-refractivity contribution >= 4 is 21.8 Å². The van der Waals surface area contributed by atoms with E-state index in [9.17, 15) is 5.26 Å². The highest BCUT2D eigenvalue weighted by Crippen LogP contribution is 2.37. The maximum absolute atomic E-state index is 9.23. The molecule has 0 saturated heterocycles. The second-order valence-electron chi connectivity index (χ2n) is 8.42. The fraction of sp³-hybridized carbons (Fsp3) is 0.0345. The van der Waals surface area contributed by atoms with E-state index in [1.165, 1.54) is 24.8 Å². The minimum atomic E-state index is 0.388. The molecule has 7 heteroatoms. The Hall–Kier alpha value is -5.40. The van der Waals surface area contributed by atoms with Gasteiger partial charge in [0, 0.05) is 46.7 Å². The smallest absolute Gasteiger partial charge is 0.161 e. The van der Waals surface area contributed by atoms with E-state index in [2.05, 4.69) is 67.8 Å². The van der Waals surface area contributed by atoms with Crippen molar-refractivity contribution in [3.05, 3.63) is 102 Å². The molecule has 0 atom stereocenters. The van der Waals surface area contributed by atoms with Gasteiger partial charge in [-0.2, -0.15) is 10.5 Å². The Kier molecular flexibility index (Phi) is 4.95. The largest absolute Gasteiger partial charge is 0.308 e. The molecular formula is C29H17N7. The molecule has 0 aliphatic carbocycles. The molecule has 0 amide bonds. The zero-order chi connectivity index (χ0) is 24.6. The second kappa shape index (κ2) is 8.43. The third-order valence-electron chi connectivity index (χ3n) is 6.13. The van der Waals surface area contributed by atoms with Crippen LogP contribution in [-0.2, 0) is 0 Å². The number of para-hydroxylation sites is 1. The summed E-state index contributed by atoms with van der Waals surface area (Å²) in [7, 11) is 0. The Morgan fingerprint density at radius 3 is 2.00 bits per heavy atom. The van der Waals surface area contributed by atoms with Crippen molar-refractivity contribution in [1.29, 1.82) is 10.5 Å². The number of aromatic nitrogens is 5. The molecule has 0 bridgehead atoms. The lowest BCUT2D eigenvalue weighted by Crippen LogP contribution is -2.01. The molecule has 0 aliphatic rings. The van der Waals surface area contributed by atoms with Gasteiger partial charge >= 0.3 is 0 Å². The van der Waals surface area contributed by atoms with Gasteiger partial charge < -0.3 is 4.57 Å². The molecular weight excluding hydrogens is 446 g/mol. The number of rotatable bonds is 3. The van der Waals surface area contributed by atoms with Crippen molar-refractivity contribution < 1.29 is 0 Å². The van der Waals surface area contributed by atoms with Crippen LogP contribution in [0.25, 0.3) is 50.3 Å². The summed E-state index contributed by atoms with van der Waals surface area (Å²) >= 11 is 0. The maximum Gasteiger partial charge on any atom is 0.161 e. The maximum atomic E-state index is 9.23. The molecule has 6 rings (SSSR count). The standard InChI is InChI=1S/C29H17N7/c1-18-6-8-23-22-4-2-3-5-25(22)36(27(23)10-18)26-9-7-21(28-32-14-19(12-30)15-33-28)11-24(26)29-34-16-20(13-31)17-35-29/h2-11,14-17H,1H3. The summed E-state index contributed by atoms with van der Waals surface area (Å²) < 4.78 is 2.22. The van der Waals surface area contributed by atoms with Crippen LogP contribution in [0, 0.1) is 29.6 Å². The Morgan fingerprint density at radius 1 is 0.667 bits per heavy atom. The fourth-order valence-electron chi connectivity index (χ4n) is 4.45. The van der Waals surface area contributed by atoms with Crippen molar-refractivity contribution in [3.63, 3.8) is 0 Å². The molecule has 3 heterocycles. The van der Waals surface area contributed by atoms with E-state index in [1.54, 1.807) is 0 Å². The number of nitriles is 2. The number of hydrogen-bond acceptors (Lipinski definition) is 6. The van der Waals surface area contributed by atoms with Crippen molar-refractivity contribution in [2.24, 2.45) is 0 Å². The third-order valence-corrected chi connectivity index (χ3v) is 6.13. The van der Waals surface area contributed by atoms with E-state index in [1.807, 2.05) is 36.4 Å². The number of fused-ring (bicyclic) bond motifs is 3. The molecule has 3 aromatic carbocycles. The van der Waals surface area contributed by atoms with Crippen LogP contribution in [0.4, 0.5) is 0 Å². The quantitative estimate of drug-likeness (QED) is 0.331. The summed E-state index contributed by atoms with van der Waals surface area (Å²) in [5.74, 6) is 0.978. The molecule has 36 heavy (non-hydrogen) atoms. The average molecular weight is 464 g/mol. The molecule has 7 nitrogen and oxygen atoms in total. The third kappa shape index (κ3) is 3.44. The zero-order valence-electron chi connectivity index (χ0n) is 19.2. The lowest BCUT2D eigenvalue weighted by atomic mass is 10.1. The predicted molar refractivity (Wildman–Crippen MR) is 137 cm³/mol. The van der Waals surface area contributed by atoms with Gasteiger partial charge in [0.1, 0.15) is 12.1 Å². The molecule has 0 unspecified atom stereocenters. The predicted octanol–water partition coefficient (Wildman–Crippen LogP) is 5.75. The SMILES string of the molecule is Cc1ccc2c3ccccc3n(-c3ccc(-c4ncc(C#N)cn4)cc3-c3ncc(C#N)cn3)c2c1. The minimum absolute atomic E-state index is 0.388. The van der Waals surface area contributed by atoms with Crippen molar-refractivity contribution in [2.75, 3.05) is 0 Å². The Morgan fingerprint density at radius 2 is 1.31 bits per heavy atom. The van der Waals surface area contributed by atoms with Gasteiger partial charge in [0.05, 0.1) is 27.8 Å². The van der Waals surface area contributed by atoms with Crippen molar-refractivity contribution in [3.8, 4) is 40.6 Å². The van der Waals surface area contributed by atoms with Gasteiger partial charge in [-0.05, 0) is 42.8 Å². The lowest BCUT2D eigenvalue weighted by molar-refractivity contribution is 1.12. The lowest BCUT2D eigenvalue weighted by Gasteiger charge is -2.14. The van der Waals surface area contributed by atoms with E-state index in [0.29, 0.717) is 22.8 Å². The van der Waals surface area contributed by atoms with Crippen LogP contribution in [0.2, 0.25) is 0 Å². The van der Waals surface area contributed by atoms with Crippen LogP contribution in [0.1, 0.15) is 16.7 Å². The Labute approximate surface area is 206 Å². The Balaban J connectivity index is 1.66. The number of aryl methyl sites for hydroxylation is 1. The van der Waals surface area contributed by atoms with E-state index in [4.69, 9.17) is 5.26 Å². The van der Waals surface area contributed by atoms with E-state index >= 15 is 0 Å². The van der Waals surface area contributed by atoms with E-state index in [-0.39, 0.29) is 0 Å².